The van der Waals surface area contributed by atoms with E-state index in [0.717, 1.165) is 55.5 Å². The fourth-order valence-corrected chi connectivity index (χ4v) is 8.90. The van der Waals surface area contributed by atoms with Gasteiger partial charge >= 0.3 is 0 Å². The first-order chi connectivity index (χ1) is 28.2. The van der Waals surface area contributed by atoms with Crippen molar-refractivity contribution in [3.05, 3.63) is 200 Å². The van der Waals surface area contributed by atoms with Gasteiger partial charge in [-0.1, -0.05) is 146 Å². The molecule has 3 heteroatoms. The summed E-state index contributed by atoms with van der Waals surface area (Å²) in [5, 5.41) is 11.0. The van der Waals surface area contributed by atoms with Crippen LogP contribution in [0.15, 0.2) is 200 Å². The molecule has 2 aromatic heterocycles. The van der Waals surface area contributed by atoms with Gasteiger partial charge in [-0.2, -0.15) is 0 Å². The van der Waals surface area contributed by atoms with E-state index >= 15 is 0 Å². The minimum Gasteiger partial charge on any atom is -0.292 e. The lowest BCUT2D eigenvalue weighted by Crippen LogP contribution is -1.98. The Balaban J connectivity index is 1.09. The van der Waals surface area contributed by atoms with Crippen molar-refractivity contribution in [2.45, 2.75) is 0 Å². The summed E-state index contributed by atoms with van der Waals surface area (Å²) in [5.41, 5.74) is 12.5. The number of hydrogen-bond acceptors (Lipinski definition) is 2. The highest BCUT2D eigenvalue weighted by Gasteiger charge is 2.19. The van der Waals surface area contributed by atoms with Crippen molar-refractivity contribution >= 4 is 76.2 Å². The molecule has 0 N–H and O–H groups in total. The summed E-state index contributed by atoms with van der Waals surface area (Å²) in [6, 6.07) is 72.3. The van der Waals surface area contributed by atoms with Crippen LogP contribution in [0.25, 0.3) is 115 Å². The summed E-state index contributed by atoms with van der Waals surface area (Å²) in [4.78, 5) is 10.9. The number of benzene rings is 10. The molecule has 0 aliphatic heterocycles. The van der Waals surface area contributed by atoms with E-state index < -0.39 is 0 Å². The zero-order valence-electron chi connectivity index (χ0n) is 30.9. The average molecular weight is 724 g/mol. The first-order valence-corrected chi connectivity index (χ1v) is 19.5. The van der Waals surface area contributed by atoms with E-state index in [1.807, 2.05) is 0 Å². The van der Waals surface area contributed by atoms with Gasteiger partial charge in [0.25, 0.3) is 0 Å². The lowest BCUT2D eigenvalue weighted by Gasteiger charge is -2.15. The summed E-state index contributed by atoms with van der Waals surface area (Å²) < 4.78 is 2.30. The van der Waals surface area contributed by atoms with Crippen LogP contribution in [0, 0.1) is 0 Å². The third kappa shape index (κ3) is 5.13. The van der Waals surface area contributed by atoms with E-state index in [0.29, 0.717) is 0 Å². The third-order valence-corrected chi connectivity index (χ3v) is 11.7. The van der Waals surface area contributed by atoms with E-state index in [4.69, 9.17) is 9.97 Å². The second-order valence-electron chi connectivity index (χ2n) is 15.0. The van der Waals surface area contributed by atoms with Crippen molar-refractivity contribution in [3.63, 3.8) is 0 Å². The lowest BCUT2D eigenvalue weighted by atomic mass is 9.93. The number of fused-ring (bicyclic) bond motifs is 9. The van der Waals surface area contributed by atoms with Crippen molar-refractivity contribution in [1.29, 1.82) is 0 Å². The van der Waals surface area contributed by atoms with E-state index in [1.54, 1.807) is 0 Å². The highest BCUT2D eigenvalue weighted by molar-refractivity contribution is 6.14. The van der Waals surface area contributed by atoms with Crippen LogP contribution < -0.4 is 0 Å². The summed E-state index contributed by atoms with van der Waals surface area (Å²) >= 11 is 0. The summed E-state index contributed by atoms with van der Waals surface area (Å²) in [6.07, 6.45) is 0. The van der Waals surface area contributed by atoms with Crippen LogP contribution >= 0.6 is 0 Å². The number of para-hydroxylation sites is 1. The molecule has 0 radical (unpaired) electrons. The standard InChI is InChI=1S/C54H33N3/c1-3-13-36-27-38(23-21-34(36)11-1)42-29-43(39-24-22-35-12-2-4-14-37(35)28-39)31-44(30-42)57-52-20-10-9-19-48(52)53-54(57)56-50-26-25-41(33-51(50)55-53)49-32-40-15-5-6-16-45(40)46-17-7-8-18-47(46)49/h1-33H. The first-order valence-electron chi connectivity index (χ1n) is 19.5. The Morgan fingerprint density at radius 1 is 0.316 bits per heavy atom. The Kier molecular flexibility index (Phi) is 6.93. The molecule has 0 spiro atoms. The van der Waals surface area contributed by atoms with E-state index in [-0.39, 0.29) is 0 Å². The zero-order chi connectivity index (χ0) is 37.5. The highest BCUT2D eigenvalue weighted by atomic mass is 15.1. The molecular weight excluding hydrogens is 691 g/mol. The maximum atomic E-state index is 5.43. The Morgan fingerprint density at radius 3 is 1.58 bits per heavy atom. The minimum atomic E-state index is 0.840. The number of hydrogen-bond donors (Lipinski definition) is 0. The number of rotatable bonds is 4. The van der Waals surface area contributed by atoms with Crippen molar-refractivity contribution in [1.82, 2.24) is 14.5 Å². The minimum absolute atomic E-state index is 0.840. The van der Waals surface area contributed by atoms with Crippen LogP contribution in [0.3, 0.4) is 0 Å². The van der Waals surface area contributed by atoms with Gasteiger partial charge in [-0.3, -0.25) is 4.57 Å². The van der Waals surface area contributed by atoms with Crippen LogP contribution in [0.2, 0.25) is 0 Å². The molecule has 12 rings (SSSR count). The van der Waals surface area contributed by atoms with Gasteiger partial charge < -0.3 is 0 Å². The van der Waals surface area contributed by atoms with Crippen molar-refractivity contribution in [2.75, 3.05) is 0 Å². The Morgan fingerprint density at radius 2 is 0.877 bits per heavy atom. The van der Waals surface area contributed by atoms with Crippen LogP contribution in [0.5, 0.6) is 0 Å². The molecule has 10 aromatic carbocycles. The molecule has 3 nitrogen and oxygen atoms in total. The molecule has 12 aromatic rings. The third-order valence-electron chi connectivity index (χ3n) is 11.7. The summed E-state index contributed by atoms with van der Waals surface area (Å²) in [7, 11) is 0. The number of aromatic nitrogens is 3. The molecular formula is C54H33N3. The summed E-state index contributed by atoms with van der Waals surface area (Å²) in [6.45, 7) is 0. The Hall–Kier alpha value is -7.62. The molecule has 0 saturated heterocycles. The topological polar surface area (TPSA) is 30.7 Å². The molecule has 0 saturated carbocycles. The molecule has 0 unspecified atom stereocenters. The number of nitrogens with zero attached hydrogens (tertiary/aromatic N) is 3. The molecule has 0 atom stereocenters. The predicted octanol–water partition coefficient (Wildman–Crippen LogP) is 14.3. The monoisotopic (exact) mass is 723 g/mol. The van der Waals surface area contributed by atoms with Gasteiger partial charge in [-0.05, 0) is 131 Å². The van der Waals surface area contributed by atoms with Crippen molar-refractivity contribution < 1.29 is 0 Å². The zero-order valence-corrected chi connectivity index (χ0v) is 30.9. The fraction of sp³-hybridized carbons (Fsp3) is 0. The largest absolute Gasteiger partial charge is 0.292 e. The average Bonchev–Trinajstić information content (AvgIpc) is 3.60. The lowest BCUT2D eigenvalue weighted by molar-refractivity contribution is 1.14. The fourth-order valence-electron chi connectivity index (χ4n) is 8.90. The molecule has 2 heterocycles. The SMILES string of the molecule is c1ccc2cc(-c3cc(-c4ccc5ccccc5c4)cc(-n4c5ccccc5c5nc6cc(-c7cc8ccccc8c8ccccc78)ccc6nc54)c3)ccc2c1. The van der Waals surface area contributed by atoms with Crippen molar-refractivity contribution in [2.24, 2.45) is 0 Å². The van der Waals surface area contributed by atoms with E-state index in [2.05, 4.69) is 205 Å². The van der Waals surface area contributed by atoms with Crippen LogP contribution in [0.4, 0.5) is 0 Å². The second-order valence-corrected chi connectivity index (χ2v) is 15.0. The van der Waals surface area contributed by atoms with E-state index in [1.165, 1.54) is 59.8 Å². The molecule has 0 amide bonds. The van der Waals surface area contributed by atoms with Crippen LogP contribution in [-0.4, -0.2) is 14.5 Å². The van der Waals surface area contributed by atoms with Gasteiger partial charge in [0.1, 0.15) is 5.52 Å². The summed E-state index contributed by atoms with van der Waals surface area (Å²) in [5.74, 6) is 0. The van der Waals surface area contributed by atoms with Gasteiger partial charge in [-0.15, -0.1) is 0 Å². The van der Waals surface area contributed by atoms with Crippen molar-refractivity contribution in [3.8, 4) is 39.1 Å². The van der Waals surface area contributed by atoms with Gasteiger partial charge in [0.05, 0.1) is 16.6 Å². The molecule has 0 fully saturated rings. The molecule has 57 heavy (non-hydrogen) atoms. The van der Waals surface area contributed by atoms with Gasteiger partial charge in [0, 0.05) is 11.1 Å². The molecule has 264 valence electrons. The first kappa shape index (κ1) is 31.7. The van der Waals surface area contributed by atoms with Crippen LogP contribution in [0.1, 0.15) is 0 Å². The quantitative estimate of drug-likeness (QED) is 0.169. The maximum absolute atomic E-state index is 5.43. The molecule has 0 aliphatic rings. The van der Waals surface area contributed by atoms with Gasteiger partial charge in [0.2, 0.25) is 0 Å². The Labute approximate surface area is 328 Å². The smallest absolute Gasteiger partial charge is 0.165 e. The predicted molar refractivity (Wildman–Crippen MR) is 240 cm³/mol. The van der Waals surface area contributed by atoms with Gasteiger partial charge in [0.15, 0.2) is 5.65 Å². The molecule has 0 bridgehead atoms. The molecule has 0 aliphatic carbocycles. The Bertz CT molecular complexity index is 3500. The normalized spacial score (nSPS) is 11.9. The maximum Gasteiger partial charge on any atom is 0.165 e. The van der Waals surface area contributed by atoms with Crippen LogP contribution in [-0.2, 0) is 0 Å². The van der Waals surface area contributed by atoms with E-state index in [9.17, 15) is 0 Å². The highest BCUT2D eigenvalue weighted by Crippen LogP contribution is 2.39. The second kappa shape index (κ2) is 12.5. The van der Waals surface area contributed by atoms with Gasteiger partial charge in [-0.25, -0.2) is 9.97 Å².